The second kappa shape index (κ2) is 12.4. The van der Waals surface area contributed by atoms with E-state index >= 15 is 0 Å². The smallest absolute Gasteiger partial charge is 0.317 e. The van der Waals surface area contributed by atoms with Crippen LogP contribution in [0.2, 0.25) is 0 Å². The number of amides is 2. The lowest BCUT2D eigenvalue weighted by molar-refractivity contribution is 0.175. The molecular weight excluding hydrogens is 494 g/mol. The van der Waals surface area contributed by atoms with Crippen molar-refractivity contribution in [1.29, 1.82) is 0 Å². The van der Waals surface area contributed by atoms with Gasteiger partial charge in [-0.3, -0.25) is 0 Å². The van der Waals surface area contributed by atoms with Gasteiger partial charge in [0, 0.05) is 23.2 Å². The number of anilines is 1. The molecule has 0 saturated carbocycles. The third-order valence-corrected chi connectivity index (χ3v) is 8.86. The second-order valence-electron chi connectivity index (χ2n) is 9.91. The van der Waals surface area contributed by atoms with Gasteiger partial charge in [0.1, 0.15) is 5.03 Å². The minimum absolute atomic E-state index is 0.0367. The number of urea groups is 1. The lowest BCUT2D eigenvalue weighted by Crippen LogP contribution is -2.45. The van der Waals surface area contributed by atoms with Crippen LogP contribution >= 0.6 is 23.5 Å². The zero-order chi connectivity index (χ0) is 26.5. The van der Waals surface area contributed by atoms with Crippen LogP contribution in [0, 0.1) is 27.7 Å². The van der Waals surface area contributed by atoms with Crippen molar-refractivity contribution < 1.29 is 4.79 Å². The summed E-state index contributed by atoms with van der Waals surface area (Å²) >= 11 is 3.45. The maximum Gasteiger partial charge on any atom is 0.322 e. The third-order valence-electron chi connectivity index (χ3n) is 7.08. The number of nitrogens with one attached hydrogen (secondary N) is 1. The van der Waals surface area contributed by atoms with E-state index in [1.807, 2.05) is 6.92 Å². The summed E-state index contributed by atoms with van der Waals surface area (Å²) in [6.07, 6.45) is 2.84. The van der Waals surface area contributed by atoms with Gasteiger partial charge >= 0.3 is 6.03 Å². The maximum atomic E-state index is 14.2. The molecule has 1 aromatic heterocycles. The molecule has 2 aromatic carbocycles. The number of aryl methyl sites for hydroxylation is 5. The van der Waals surface area contributed by atoms with E-state index < -0.39 is 0 Å². The zero-order valence-corrected chi connectivity index (χ0v) is 24.6. The molecular formula is C31H39N3OS2. The highest BCUT2D eigenvalue weighted by Gasteiger charge is 2.30. The molecule has 1 aliphatic rings. The van der Waals surface area contributed by atoms with Gasteiger partial charge in [-0.05, 0) is 92.3 Å². The van der Waals surface area contributed by atoms with Crippen LogP contribution < -0.4 is 5.32 Å². The number of pyridine rings is 1. The lowest BCUT2D eigenvalue weighted by atomic mass is 9.87. The minimum atomic E-state index is -0.0367. The fourth-order valence-corrected chi connectivity index (χ4v) is 7.07. The molecule has 0 spiro atoms. The molecule has 4 rings (SSSR count). The highest BCUT2D eigenvalue weighted by Crippen LogP contribution is 2.36. The van der Waals surface area contributed by atoms with Gasteiger partial charge < -0.3 is 10.2 Å². The average molecular weight is 534 g/mol. The van der Waals surface area contributed by atoms with Crippen LogP contribution in [-0.2, 0) is 19.4 Å². The number of thioether (sulfide) groups is 2. The van der Waals surface area contributed by atoms with Gasteiger partial charge in [0.2, 0.25) is 0 Å². The van der Waals surface area contributed by atoms with E-state index in [0.717, 1.165) is 52.1 Å². The Morgan fingerprint density at radius 3 is 2.35 bits per heavy atom. The Balaban J connectivity index is 1.71. The molecule has 37 heavy (non-hydrogen) atoms. The predicted molar refractivity (Wildman–Crippen MR) is 159 cm³/mol. The highest BCUT2D eigenvalue weighted by atomic mass is 32.2. The summed E-state index contributed by atoms with van der Waals surface area (Å²) < 4.78 is 0. The number of carbonyl (C=O) groups excluding carboxylic acids is 1. The molecule has 4 nitrogen and oxygen atoms in total. The number of nitrogens with zero attached hydrogens (tertiary/aromatic N) is 2. The number of fused-ring (bicyclic) bond motifs is 1. The Bertz CT molecular complexity index is 1220. The molecule has 1 aliphatic carbocycles. The van der Waals surface area contributed by atoms with Gasteiger partial charge in [-0.1, -0.05) is 55.8 Å². The Morgan fingerprint density at radius 1 is 1.00 bits per heavy atom. The SMILES string of the molecule is CCSc1cc(C)nc(SCC)c1NC(=O)N(Cc1c(C)cc(C)cc1C)C1CCc2ccccc2C1. The van der Waals surface area contributed by atoms with Gasteiger partial charge in [0.15, 0.2) is 0 Å². The van der Waals surface area contributed by atoms with Gasteiger partial charge in [-0.15, -0.1) is 23.5 Å². The van der Waals surface area contributed by atoms with Crippen molar-refractivity contribution in [2.45, 2.75) is 83.3 Å². The van der Waals surface area contributed by atoms with Crippen LogP contribution in [-0.4, -0.2) is 33.5 Å². The molecule has 6 heteroatoms. The summed E-state index contributed by atoms with van der Waals surface area (Å²) in [6.45, 7) is 13.4. The van der Waals surface area contributed by atoms with Crippen molar-refractivity contribution in [2.75, 3.05) is 16.8 Å². The summed E-state index contributed by atoms with van der Waals surface area (Å²) in [5, 5.41) is 4.26. The van der Waals surface area contributed by atoms with Crippen molar-refractivity contribution in [1.82, 2.24) is 9.88 Å². The molecule has 0 radical (unpaired) electrons. The van der Waals surface area contributed by atoms with Crippen LogP contribution in [0.15, 0.2) is 52.4 Å². The van der Waals surface area contributed by atoms with Crippen molar-refractivity contribution in [2.24, 2.45) is 0 Å². The summed E-state index contributed by atoms with van der Waals surface area (Å²) in [4.78, 5) is 22.2. The first-order valence-corrected chi connectivity index (χ1v) is 15.3. The fourth-order valence-electron chi connectivity index (χ4n) is 5.36. The average Bonchev–Trinajstić information content (AvgIpc) is 2.85. The zero-order valence-electron chi connectivity index (χ0n) is 23.0. The van der Waals surface area contributed by atoms with Crippen molar-refractivity contribution in [3.8, 4) is 0 Å². The molecule has 1 N–H and O–H groups in total. The quantitative estimate of drug-likeness (QED) is 0.297. The van der Waals surface area contributed by atoms with Crippen LogP contribution in [0.1, 0.15) is 59.3 Å². The number of rotatable bonds is 8. The number of benzene rings is 2. The highest BCUT2D eigenvalue weighted by molar-refractivity contribution is 8.00. The molecule has 2 amide bonds. The third kappa shape index (κ3) is 6.53. The summed E-state index contributed by atoms with van der Waals surface area (Å²) in [7, 11) is 0. The van der Waals surface area contributed by atoms with Crippen molar-refractivity contribution in [3.05, 3.63) is 81.5 Å². The number of hydrogen-bond acceptors (Lipinski definition) is 4. The van der Waals surface area contributed by atoms with E-state index in [0.29, 0.717) is 6.54 Å². The number of hydrogen-bond donors (Lipinski definition) is 1. The Hall–Kier alpha value is -2.44. The van der Waals surface area contributed by atoms with E-state index in [-0.39, 0.29) is 12.1 Å². The van der Waals surface area contributed by atoms with Gasteiger partial charge in [-0.25, -0.2) is 9.78 Å². The first-order chi connectivity index (χ1) is 17.8. The van der Waals surface area contributed by atoms with Crippen LogP contribution in [0.4, 0.5) is 10.5 Å². The van der Waals surface area contributed by atoms with Gasteiger partial charge in [0.05, 0.1) is 5.69 Å². The normalized spacial score (nSPS) is 14.8. The monoisotopic (exact) mass is 533 g/mol. The Kier molecular flexibility index (Phi) is 9.25. The summed E-state index contributed by atoms with van der Waals surface area (Å²) in [6, 6.07) is 15.3. The Labute approximate surface area is 231 Å². The largest absolute Gasteiger partial charge is 0.322 e. The van der Waals surface area contributed by atoms with Crippen molar-refractivity contribution in [3.63, 3.8) is 0 Å². The Morgan fingerprint density at radius 2 is 1.68 bits per heavy atom. The lowest BCUT2D eigenvalue weighted by Gasteiger charge is -2.36. The number of aromatic nitrogens is 1. The standard InChI is InChI=1S/C31H39N3OS2/c1-7-36-28-17-23(6)32-30(37-8-2)29(28)33-31(35)34(19-27-21(4)15-20(3)16-22(27)5)26-14-13-24-11-9-10-12-25(24)18-26/h9-12,15-17,26H,7-8,13-14,18-19H2,1-6H3,(H,33,35). The minimum Gasteiger partial charge on any atom is -0.317 e. The number of carbonyl (C=O) groups is 1. The summed E-state index contributed by atoms with van der Waals surface area (Å²) in [5.41, 5.74) is 9.59. The molecule has 196 valence electrons. The molecule has 1 atom stereocenters. The topological polar surface area (TPSA) is 45.2 Å². The summed E-state index contributed by atoms with van der Waals surface area (Å²) in [5.74, 6) is 1.84. The fraction of sp³-hybridized carbons (Fsp3) is 0.419. The van der Waals surface area contributed by atoms with E-state index in [1.165, 1.54) is 33.4 Å². The first kappa shape index (κ1) is 27.6. The predicted octanol–water partition coefficient (Wildman–Crippen LogP) is 8.13. The molecule has 1 heterocycles. The van der Waals surface area contributed by atoms with E-state index in [2.05, 4.69) is 87.3 Å². The van der Waals surface area contributed by atoms with Crippen LogP contribution in [0.3, 0.4) is 0 Å². The molecule has 0 bridgehead atoms. The molecule has 3 aromatic rings. The van der Waals surface area contributed by atoms with E-state index in [4.69, 9.17) is 4.98 Å². The van der Waals surface area contributed by atoms with Crippen molar-refractivity contribution >= 4 is 35.2 Å². The van der Waals surface area contributed by atoms with E-state index in [9.17, 15) is 4.79 Å². The molecule has 1 unspecified atom stereocenters. The van der Waals surface area contributed by atoms with Gasteiger partial charge in [-0.2, -0.15) is 0 Å². The molecule has 0 aliphatic heterocycles. The molecule has 0 fully saturated rings. The first-order valence-electron chi connectivity index (χ1n) is 13.3. The van der Waals surface area contributed by atoms with Crippen LogP contribution in [0.25, 0.3) is 0 Å². The van der Waals surface area contributed by atoms with E-state index in [1.54, 1.807) is 23.5 Å². The van der Waals surface area contributed by atoms with Gasteiger partial charge in [0.25, 0.3) is 0 Å². The maximum absolute atomic E-state index is 14.2. The molecule has 0 saturated heterocycles. The van der Waals surface area contributed by atoms with Crippen LogP contribution in [0.5, 0.6) is 0 Å². The second-order valence-corrected chi connectivity index (χ2v) is 12.5.